The van der Waals surface area contributed by atoms with Crippen molar-refractivity contribution in [2.45, 2.75) is 0 Å². The monoisotopic (exact) mass is 393 g/mol. The molecular weight excluding hydrogens is 370 g/mol. The van der Waals surface area contributed by atoms with Crippen molar-refractivity contribution >= 4 is 34.4 Å². The predicted molar refractivity (Wildman–Crippen MR) is 114 cm³/mol. The van der Waals surface area contributed by atoms with Crippen molar-refractivity contribution in [3.63, 3.8) is 0 Å². The Kier molecular flexibility index (Phi) is 6.31. The lowest BCUT2D eigenvalue weighted by Gasteiger charge is -2.15. The van der Waals surface area contributed by atoms with Gasteiger partial charge in [-0.05, 0) is 42.0 Å². The van der Waals surface area contributed by atoms with Crippen LogP contribution in [-0.4, -0.2) is 39.0 Å². The molecule has 0 aliphatic carbocycles. The molecule has 0 saturated carbocycles. The molecule has 1 heterocycles. The maximum Gasteiger partial charge on any atom is 0.255 e. The normalized spacial score (nSPS) is 11.1. The van der Waals surface area contributed by atoms with Gasteiger partial charge in [0.25, 0.3) is 5.91 Å². The molecule has 0 unspecified atom stereocenters. The van der Waals surface area contributed by atoms with E-state index >= 15 is 0 Å². The Morgan fingerprint density at radius 1 is 1.24 bits per heavy atom. The van der Waals surface area contributed by atoms with Crippen molar-refractivity contribution in [1.82, 2.24) is 5.32 Å². The SMILES string of the molecule is COCCNC(=O)c1ccc(N)c(C(=N)/C=C/c2ccc3occc3c2)c1OC. The van der Waals surface area contributed by atoms with Crippen LogP contribution in [0.25, 0.3) is 17.0 Å². The molecule has 1 amide bonds. The summed E-state index contributed by atoms with van der Waals surface area (Å²) >= 11 is 0. The molecule has 7 nitrogen and oxygen atoms in total. The Labute approximate surface area is 168 Å². The Morgan fingerprint density at radius 2 is 2.07 bits per heavy atom. The minimum atomic E-state index is -0.317. The number of nitrogens with one attached hydrogen (secondary N) is 2. The second kappa shape index (κ2) is 9.07. The largest absolute Gasteiger partial charge is 0.495 e. The molecule has 3 rings (SSSR count). The highest BCUT2D eigenvalue weighted by Gasteiger charge is 2.20. The summed E-state index contributed by atoms with van der Waals surface area (Å²) in [5.74, 6) is -0.0535. The number of allylic oxidation sites excluding steroid dienone is 1. The smallest absolute Gasteiger partial charge is 0.255 e. The molecule has 1 aromatic heterocycles. The van der Waals surface area contributed by atoms with E-state index in [4.69, 9.17) is 25.0 Å². The summed E-state index contributed by atoms with van der Waals surface area (Å²) in [5, 5.41) is 12.2. The number of benzene rings is 2. The van der Waals surface area contributed by atoms with Gasteiger partial charge in [0, 0.05) is 24.7 Å². The summed E-state index contributed by atoms with van der Waals surface area (Å²) < 4.78 is 15.7. The van der Waals surface area contributed by atoms with Crippen LogP contribution in [-0.2, 0) is 4.74 Å². The summed E-state index contributed by atoms with van der Waals surface area (Å²) in [6.07, 6.45) is 5.07. The van der Waals surface area contributed by atoms with E-state index in [2.05, 4.69) is 5.32 Å². The minimum Gasteiger partial charge on any atom is -0.495 e. The number of furan rings is 1. The maximum atomic E-state index is 12.5. The number of hydrogen-bond acceptors (Lipinski definition) is 6. The average molecular weight is 393 g/mol. The number of ether oxygens (including phenoxy) is 2. The van der Waals surface area contributed by atoms with Gasteiger partial charge in [0.05, 0.1) is 36.8 Å². The zero-order valence-electron chi connectivity index (χ0n) is 16.3. The summed E-state index contributed by atoms with van der Waals surface area (Å²) in [5.41, 5.74) is 8.99. The number of amides is 1. The van der Waals surface area contributed by atoms with Gasteiger partial charge in [-0.1, -0.05) is 12.1 Å². The highest BCUT2D eigenvalue weighted by atomic mass is 16.5. The molecule has 0 bridgehead atoms. The lowest BCUT2D eigenvalue weighted by atomic mass is 10.0. The van der Waals surface area contributed by atoms with Crippen LogP contribution in [0.15, 0.2) is 53.2 Å². The van der Waals surface area contributed by atoms with E-state index in [-0.39, 0.29) is 17.4 Å². The first-order chi connectivity index (χ1) is 14.0. The molecule has 0 atom stereocenters. The number of carbonyl (C=O) groups excluding carboxylic acids is 1. The van der Waals surface area contributed by atoms with E-state index in [0.717, 1.165) is 16.5 Å². The number of nitrogen functional groups attached to an aromatic ring is 1. The topological polar surface area (TPSA) is 111 Å². The Hall–Kier alpha value is -3.58. The minimum absolute atomic E-state index is 0.137. The molecule has 0 saturated heterocycles. The fourth-order valence-electron chi connectivity index (χ4n) is 2.98. The predicted octanol–water partition coefficient (Wildman–Crippen LogP) is 3.48. The van der Waals surface area contributed by atoms with E-state index in [1.54, 1.807) is 37.7 Å². The number of nitrogens with two attached hydrogens (primary N) is 1. The standard InChI is InChI=1S/C22H23N3O4/c1-27-12-10-25-22(26)16-5-7-18(24)20(21(16)28-2)17(23)6-3-14-4-8-19-15(13-14)9-11-29-19/h3-9,11,13,23H,10,12,24H2,1-2H3,(H,25,26)/b6-3+,23-17?. The molecule has 2 aromatic carbocycles. The van der Waals surface area contributed by atoms with E-state index in [9.17, 15) is 4.79 Å². The van der Waals surface area contributed by atoms with Crippen molar-refractivity contribution in [2.75, 3.05) is 33.1 Å². The quantitative estimate of drug-likeness (QED) is 0.308. The number of rotatable bonds is 8. The molecule has 150 valence electrons. The van der Waals surface area contributed by atoms with Crippen LogP contribution in [0.3, 0.4) is 0 Å². The van der Waals surface area contributed by atoms with Crippen LogP contribution in [0.5, 0.6) is 5.75 Å². The van der Waals surface area contributed by atoms with Crippen LogP contribution in [0.2, 0.25) is 0 Å². The third-order valence-electron chi connectivity index (χ3n) is 4.42. The first-order valence-electron chi connectivity index (χ1n) is 9.03. The Morgan fingerprint density at radius 3 is 2.83 bits per heavy atom. The van der Waals surface area contributed by atoms with Gasteiger partial charge in [-0.25, -0.2) is 0 Å². The van der Waals surface area contributed by atoms with E-state index in [1.807, 2.05) is 24.3 Å². The van der Waals surface area contributed by atoms with Crippen LogP contribution in [0.4, 0.5) is 5.69 Å². The Balaban J connectivity index is 1.88. The van der Waals surface area contributed by atoms with E-state index in [1.165, 1.54) is 7.11 Å². The first-order valence-corrected chi connectivity index (χ1v) is 9.03. The zero-order valence-corrected chi connectivity index (χ0v) is 16.3. The second-order valence-corrected chi connectivity index (χ2v) is 6.32. The van der Waals surface area contributed by atoms with Crippen molar-refractivity contribution < 1.29 is 18.7 Å². The van der Waals surface area contributed by atoms with Gasteiger partial charge >= 0.3 is 0 Å². The van der Waals surface area contributed by atoms with Gasteiger partial charge < -0.3 is 30.4 Å². The second-order valence-electron chi connectivity index (χ2n) is 6.32. The van der Waals surface area contributed by atoms with Crippen molar-refractivity contribution in [3.8, 4) is 5.75 Å². The number of fused-ring (bicyclic) bond motifs is 1. The van der Waals surface area contributed by atoms with Crippen molar-refractivity contribution in [1.29, 1.82) is 5.41 Å². The zero-order chi connectivity index (χ0) is 20.8. The van der Waals surface area contributed by atoms with Gasteiger partial charge in [0.15, 0.2) is 0 Å². The highest BCUT2D eigenvalue weighted by molar-refractivity contribution is 6.15. The lowest BCUT2D eigenvalue weighted by Crippen LogP contribution is -2.27. The summed E-state index contributed by atoms with van der Waals surface area (Å²) in [6, 6.07) is 10.8. The van der Waals surface area contributed by atoms with Crippen LogP contribution in [0, 0.1) is 5.41 Å². The fourth-order valence-corrected chi connectivity index (χ4v) is 2.98. The molecule has 0 fully saturated rings. The van der Waals surface area contributed by atoms with E-state index in [0.29, 0.717) is 30.0 Å². The van der Waals surface area contributed by atoms with E-state index < -0.39 is 0 Å². The van der Waals surface area contributed by atoms with Crippen molar-refractivity contribution in [3.05, 3.63) is 65.4 Å². The van der Waals surface area contributed by atoms with Gasteiger partial charge in [0.1, 0.15) is 11.3 Å². The molecular formula is C22H23N3O4. The maximum absolute atomic E-state index is 12.5. The molecule has 7 heteroatoms. The third kappa shape index (κ3) is 4.47. The number of hydrogen-bond donors (Lipinski definition) is 3. The lowest BCUT2D eigenvalue weighted by molar-refractivity contribution is 0.0934. The van der Waals surface area contributed by atoms with Gasteiger partial charge in [0.2, 0.25) is 0 Å². The van der Waals surface area contributed by atoms with Crippen LogP contribution in [0.1, 0.15) is 21.5 Å². The average Bonchev–Trinajstić information content (AvgIpc) is 3.19. The molecule has 0 aliphatic rings. The van der Waals surface area contributed by atoms with Gasteiger partial charge in [-0.2, -0.15) is 0 Å². The van der Waals surface area contributed by atoms with Crippen molar-refractivity contribution in [2.24, 2.45) is 0 Å². The molecule has 3 aromatic rings. The molecule has 0 spiro atoms. The van der Waals surface area contributed by atoms with Crippen LogP contribution < -0.4 is 15.8 Å². The van der Waals surface area contributed by atoms with Gasteiger partial charge in [-0.15, -0.1) is 0 Å². The molecule has 29 heavy (non-hydrogen) atoms. The number of anilines is 1. The Bertz CT molecular complexity index is 1070. The first kappa shape index (κ1) is 20.2. The van der Waals surface area contributed by atoms with Crippen LogP contribution >= 0.6 is 0 Å². The molecule has 0 radical (unpaired) electrons. The molecule has 0 aliphatic heterocycles. The molecule has 4 N–H and O–H groups in total. The fraction of sp³-hybridized carbons (Fsp3) is 0.182. The summed E-state index contributed by atoms with van der Waals surface area (Å²) in [6.45, 7) is 0.765. The number of carbonyl (C=O) groups is 1. The van der Waals surface area contributed by atoms with Gasteiger partial charge in [-0.3, -0.25) is 4.79 Å². The summed E-state index contributed by atoms with van der Waals surface area (Å²) in [4.78, 5) is 12.5. The summed E-state index contributed by atoms with van der Waals surface area (Å²) in [7, 11) is 3.01. The third-order valence-corrected chi connectivity index (χ3v) is 4.42. The highest BCUT2D eigenvalue weighted by Crippen LogP contribution is 2.30. The number of methoxy groups -OCH3 is 2.